The topological polar surface area (TPSA) is 133 Å². The Morgan fingerprint density at radius 3 is 2.55 bits per heavy atom. The summed E-state index contributed by atoms with van der Waals surface area (Å²) in [6, 6.07) is 14.3. The van der Waals surface area contributed by atoms with Crippen LogP contribution in [-0.2, 0) is 11.3 Å². The van der Waals surface area contributed by atoms with Crippen LogP contribution in [0.15, 0.2) is 59.5 Å². The molecule has 44 heavy (non-hydrogen) atoms. The number of aromatic nitrogens is 3. The lowest BCUT2D eigenvalue weighted by molar-refractivity contribution is 0.0580. The lowest BCUT2D eigenvalue weighted by Crippen LogP contribution is -2.46. The van der Waals surface area contributed by atoms with Crippen LogP contribution in [0.1, 0.15) is 52.0 Å². The number of benzene rings is 2. The molecule has 0 bridgehead atoms. The number of aliphatic hydroxyl groups is 1. The van der Waals surface area contributed by atoms with Crippen LogP contribution in [0.5, 0.6) is 5.75 Å². The van der Waals surface area contributed by atoms with Crippen molar-refractivity contribution in [3.05, 3.63) is 70.6 Å². The predicted octanol–water partition coefficient (Wildman–Crippen LogP) is 6.00. The van der Waals surface area contributed by atoms with Gasteiger partial charge in [-0.1, -0.05) is 31.0 Å². The van der Waals surface area contributed by atoms with Gasteiger partial charge in [0.2, 0.25) is 5.95 Å². The number of anilines is 5. The molecule has 2 aromatic heterocycles. The summed E-state index contributed by atoms with van der Waals surface area (Å²) in [5.41, 5.74) is 3.11. The second-order valence-corrected chi connectivity index (χ2v) is 12.0. The van der Waals surface area contributed by atoms with Crippen LogP contribution in [-0.4, -0.2) is 56.1 Å². The number of ether oxygens (including phenoxy) is 1. The van der Waals surface area contributed by atoms with E-state index in [4.69, 9.17) is 9.72 Å². The SMILES string of the molecule is Cc1cccc2c1N(C(=O)OC(C)(C)C)CCN2c1cc2cnc(Nc3cccc(O)c3)nc2n(CCCCCCO)c1=O. The van der Waals surface area contributed by atoms with Gasteiger partial charge in [-0.15, -0.1) is 0 Å². The zero-order valence-electron chi connectivity index (χ0n) is 25.7. The Morgan fingerprint density at radius 2 is 1.80 bits per heavy atom. The molecule has 5 rings (SSSR count). The minimum absolute atomic E-state index is 0.113. The monoisotopic (exact) mass is 600 g/mol. The maximum atomic E-state index is 14.3. The molecule has 11 heteroatoms. The van der Waals surface area contributed by atoms with Crippen molar-refractivity contribution in [2.75, 3.05) is 34.8 Å². The van der Waals surface area contributed by atoms with Crippen LogP contribution in [0, 0.1) is 6.92 Å². The van der Waals surface area contributed by atoms with Crippen molar-refractivity contribution in [2.24, 2.45) is 0 Å². The van der Waals surface area contributed by atoms with Gasteiger partial charge in [0, 0.05) is 49.6 Å². The van der Waals surface area contributed by atoms with Crippen LogP contribution in [0.25, 0.3) is 11.0 Å². The number of aryl methyl sites for hydroxylation is 2. The normalized spacial score (nSPS) is 13.2. The van der Waals surface area contributed by atoms with Crippen LogP contribution in [0.2, 0.25) is 0 Å². The zero-order chi connectivity index (χ0) is 31.4. The van der Waals surface area contributed by atoms with Gasteiger partial charge in [-0.05, 0) is 70.4 Å². The number of aromatic hydroxyl groups is 1. The summed E-state index contributed by atoms with van der Waals surface area (Å²) in [6.45, 7) is 8.79. The van der Waals surface area contributed by atoms with E-state index in [1.807, 2.05) is 56.9 Å². The molecular weight excluding hydrogens is 560 g/mol. The average Bonchev–Trinajstić information content (AvgIpc) is 2.97. The van der Waals surface area contributed by atoms with Gasteiger partial charge in [-0.3, -0.25) is 14.3 Å². The fourth-order valence-corrected chi connectivity index (χ4v) is 5.45. The molecule has 3 N–H and O–H groups in total. The van der Waals surface area contributed by atoms with Crippen LogP contribution < -0.4 is 20.7 Å². The van der Waals surface area contributed by atoms with Crippen LogP contribution in [0.4, 0.5) is 33.5 Å². The number of carbonyl (C=O) groups excluding carboxylic acids is 1. The first-order valence-corrected chi connectivity index (χ1v) is 15.0. The van der Waals surface area contributed by atoms with E-state index in [1.54, 1.807) is 39.9 Å². The highest BCUT2D eigenvalue weighted by molar-refractivity contribution is 5.97. The number of phenolic OH excluding ortho intramolecular Hbond substituents is 1. The van der Waals surface area contributed by atoms with Gasteiger partial charge < -0.3 is 25.2 Å². The number of carbonyl (C=O) groups is 1. The Bertz CT molecular complexity index is 1710. The first-order chi connectivity index (χ1) is 21.1. The molecule has 0 atom stereocenters. The molecule has 0 fully saturated rings. The summed E-state index contributed by atoms with van der Waals surface area (Å²) in [6.07, 6.45) is 4.43. The molecule has 1 aliphatic heterocycles. The molecule has 0 saturated heterocycles. The number of hydrogen-bond acceptors (Lipinski definition) is 9. The molecule has 1 amide bonds. The summed E-state index contributed by atoms with van der Waals surface area (Å²) >= 11 is 0. The van der Waals surface area contributed by atoms with Crippen molar-refractivity contribution < 1.29 is 19.7 Å². The second-order valence-electron chi connectivity index (χ2n) is 12.0. The van der Waals surface area contributed by atoms with E-state index in [9.17, 15) is 19.8 Å². The summed E-state index contributed by atoms with van der Waals surface area (Å²) in [7, 11) is 0. The molecule has 4 aromatic rings. The molecule has 0 aliphatic carbocycles. The summed E-state index contributed by atoms with van der Waals surface area (Å²) in [5, 5.41) is 22.9. The number of para-hydroxylation sites is 1. The van der Waals surface area contributed by atoms with Crippen molar-refractivity contribution in [1.29, 1.82) is 0 Å². The van der Waals surface area contributed by atoms with Gasteiger partial charge in [0.15, 0.2) is 0 Å². The number of unbranched alkanes of at least 4 members (excludes halogenated alkanes) is 3. The van der Waals surface area contributed by atoms with Crippen molar-refractivity contribution in [2.45, 2.75) is 65.5 Å². The molecule has 0 spiro atoms. The third kappa shape index (κ3) is 6.78. The number of hydrogen-bond donors (Lipinski definition) is 3. The molecule has 2 aromatic carbocycles. The number of aliphatic hydroxyl groups excluding tert-OH is 1. The Labute approximate surface area is 256 Å². The zero-order valence-corrected chi connectivity index (χ0v) is 25.7. The molecule has 0 unspecified atom stereocenters. The van der Waals surface area contributed by atoms with Crippen LogP contribution in [0.3, 0.4) is 0 Å². The first kappa shape index (κ1) is 30.8. The fraction of sp³-hybridized carbons (Fsp3) is 0.394. The minimum atomic E-state index is -0.644. The van der Waals surface area contributed by atoms with Crippen molar-refractivity contribution in [3.63, 3.8) is 0 Å². The quantitative estimate of drug-likeness (QED) is 0.198. The number of amides is 1. The number of nitrogens with one attached hydrogen (secondary N) is 1. The smallest absolute Gasteiger partial charge is 0.414 e. The van der Waals surface area contributed by atoms with Gasteiger partial charge in [0.25, 0.3) is 5.56 Å². The highest BCUT2D eigenvalue weighted by Crippen LogP contribution is 2.40. The number of rotatable bonds is 9. The van der Waals surface area contributed by atoms with Crippen molar-refractivity contribution in [3.8, 4) is 5.75 Å². The van der Waals surface area contributed by atoms with Gasteiger partial charge in [0.05, 0.1) is 11.4 Å². The van der Waals surface area contributed by atoms with E-state index in [0.717, 1.165) is 30.5 Å². The van der Waals surface area contributed by atoms with E-state index in [1.165, 1.54) is 0 Å². The molecule has 11 nitrogen and oxygen atoms in total. The Balaban J connectivity index is 1.57. The summed E-state index contributed by atoms with van der Waals surface area (Å²) < 4.78 is 7.40. The average molecular weight is 601 g/mol. The van der Waals surface area contributed by atoms with Crippen LogP contribution >= 0.6 is 0 Å². The molecule has 1 aliphatic rings. The Hall–Kier alpha value is -4.64. The molecule has 3 heterocycles. The van der Waals surface area contributed by atoms with Gasteiger partial charge in [0.1, 0.15) is 22.7 Å². The van der Waals surface area contributed by atoms with E-state index in [-0.39, 0.29) is 17.9 Å². The molecule has 0 radical (unpaired) electrons. The Kier molecular flexibility index (Phi) is 9.05. The molecular formula is C33H40N6O5. The van der Waals surface area contributed by atoms with Crippen molar-refractivity contribution in [1.82, 2.24) is 14.5 Å². The van der Waals surface area contributed by atoms with Gasteiger partial charge >= 0.3 is 6.09 Å². The summed E-state index contributed by atoms with van der Waals surface area (Å²) in [5.74, 6) is 0.415. The van der Waals surface area contributed by atoms with Gasteiger partial charge in [-0.25, -0.2) is 9.78 Å². The van der Waals surface area contributed by atoms with E-state index in [0.29, 0.717) is 60.1 Å². The second kappa shape index (κ2) is 12.9. The van der Waals surface area contributed by atoms with Gasteiger partial charge in [-0.2, -0.15) is 4.98 Å². The molecule has 232 valence electrons. The third-order valence-corrected chi connectivity index (χ3v) is 7.43. The van der Waals surface area contributed by atoms with Crippen molar-refractivity contribution >= 4 is 45.8 Å². The highest BCUT2D eigenvalue weighted by atomic mass is 16.6. The van der Waals surface area contributed by atoms with E-state index in [2.05, 4.69) is 10.3 Å². The minimum Gasteiger partial charge on any atom is -0.508 e. The highest BCUT2D eigenvalue weighted by Gasteiger charge is 2.33. The number of pyridine rings is 1. The first-order valence-electron chi connectivity index (χ1n) is 15.0. The third-order valence-electron chi connectivity index (χ3n) is 7.43. The summed E-state index contributed by atoms with van der Waals surface area (Å²) in [4.78, 5) is 40.3. The maximum Gasteiger partial charge on any atom is 0.414 e. The standard InChI is InChI=1S/C33H40N6O5/c1-22-11-9-14-26-28(22)38(32(43)44-33(2,3)4)17-16-37(26)27-19-23-21-34-31(35-24-12-10-13-25(41)20-24)36-29(23)39(30(27)42)15-7-5-6-8-18-40/h9-14,19-21,40-41H,5-8,15-18H2,1-4H3,(H,34,35,36). The fourth-order valence-electron chi connectivity index (χ4n) is 5.45. The Morgan fingerprint density at radius 1 is 1.02 bits per heavy atom. The molecule has 0 saturated carbocycles. The number of nitrogens with zero attached hydrogens (tertiary/aromatic N) is 5. The maximum absolute atomic E-state index is 14.3. The van der Waals surface area contributed by atoms with E-state index < -0.39 is 11.7 Å². The largest absolute Gasteiger partial charge is 0.508 e. The number of phenols is 1. The lowest BCUT2D eigenvalue weighted by Gasteiger charge is -2.39. The van der Waals surface area contributed by atoms with E-state index >= 15 is 0 Å². The predicted molar refractivity (Wildman–Crippen MR) is 173 cm³/mol. The number of fused-ring (bicyclic) bond motifs is 2. The lowest BCUT2D eigenvalue weighted by atomic mass is 10.1.